The number of likely N-dealkylation sites (tertiary alicyclic amines) is 1. The lowest BCUT2D eigenvalue weighted by Crippen LogP contribution is -2.49. The highest BCUT2D eigenvalue weighted by molar-refractivity contribution is 5.76. The van der Waals surface area contributed by atoms with Gasteiger partial charge in [-0.15, -0.1) is 0 Å². The van der Waals surface area contributed by atoms with Gasteiger partial charge in [0.05, 0.1) is 5.69 Å². The van der Waals surface area contributed by atoms with Crippen LogP contribution in [-0.4, -0.2) is 45.9 Å². The second-order valence-electron chi connectivity index (χ2n) is 8.39. The SMILES string of the molecule is Cc1cc2n(n1)[C@@H](C(F)(F)F)C[C@@H](C1CCCN(C(=O)CCc3ccccc3)C1)N2. The first-order valence-corrected chi connectivity index (χ1v) is 10.5. The number of aromatic nitrogens is 2. The van der Waals surface area contributed by atoms with Crippen molar-refractivity contribution in [3.05, 3.63) is 47.7 Å². The number of amides is 1. The van der Waals surface area contributed by atoms with Crippen LogP contribution in [0.1, 0.15) is 43.0 Å². The van der Waals surface area contributed by atoms with Crippen molar-refractivity contribution in [3.8, 4) is 0 Å². The second-order valence-corrected chi connectivity index (χ2v) is 8.39. The third-order valence-electron chi connectivity index (χ3n) is 6.19. The molecule has 0 spiro atoms. The molecule has 1 amide bonds. The van der Waals surface area contributed by atoms with Gasteiger partial charge in [-0.05, 0) is 44.1 Å². The molecule has 0 bridgehead atoms. The fourth-order valence-electron chi connectivity index (χ4n) is 4.65. The molecule has 2 aromatic rings. The van der Waals surface area contributed by atoms with Crippen molar-refractivity contribution in [3.63, 3.8) is 0 Å². The van der Waals surface area contributed by atoms with Crippen LogP contribution in [0, 0.1) is 12.8 Å². The minimum Gasteiger partial charge on any atom is -0.367 e. The summed E-state index contributed by atoms with van der Waals surface area (Å²) >= 11 is 0. The van der Waals surface area contributed by atoms with Crippen molar-refractivity contribution >= 4 is 11.7 Å². The number of hydrogen-bond acceptors (Lipinski definition) is 3. The summed E-state index contributed by atoms with van der Waals surface area (Å²) in [4.78, 5) is 14.6. The summed E-state index contributed by atoms with van der Waals surface area (Å²) in [5.74, 6) is 0.486. The normalized spacial score (nSPS) is 24.3. The second kappa shape index (κ2) is 8.32. The van der Waals surface area contributed by atoms with Gasteiger partial charge in [-0.1, -0.05) is 30.3 Å². The standard InChI is InChI=1S/C22H27F3N4O/c1-15-12-20-26-18(13-19(22(23,24)25)29(20)27-15)17-8-5-11-28(14-17)21(30)10-9-16-6-3-2-4-7-16/h2-4,6-7,12,17-19,26H,5,8-11,13-14H2,1H3/t17?,18-,19+/m0/s1. The summed E-state index contributed by atoms with van der Waals surface area (Å²) in [7, 11) is 0. The van der Waals surface area contributed by atoms with E-state index in [0.717, 1.165) is 23.1 Å². The van der Waals surface area contributed by atoms with Crippen LogP contribution in [0.5, 0.6) is 0 Å². The van der Waals surface area contributed by atoms with Crippen molar-refractivity contribution in [2.24, 2.45) is 5.92 Å². The van der Waals surface area contributed by atoms with Gasteiger partial charge in [-0.2, -0.15) is 18.3 Å². The molecule has 3 heterocycles. The quantitative estimate of drug-likeness (QED) is 0.800. The molecule has 162 valence electrons. The molecule has 1 aromatic carbocycles. The van der Waals surface area contributed by atoms with Crippen LogP contribution in [-0.2, 0) is 11.2 Å². The molecule has 3 atom stereocenters. The number of anilines is 1. The summed E-state index contributed by atoms with van der Waals surface area (Å²) in [6.45, 7) is 2.88. The van der Waals surface area contributed by atoms with E-state index in [1.165, 1.54) is 0 Å². The van der Waals surface area contributed by atoms with Gasteiger partial charge < -0.3 is 10.2 Å². The molecule has 4 rings (SSSR count). The minimum atomic E-state index is -4.35. The van der Waals surface area contributed by atoms with Crippen molar-refractivity contribution < 1.29 is 18.0 Å². The monoisotopic (exact) mass is 420 g/mol. The number of alkyl halides is 3. The van der Waals surface area contributed by atoms with Crippen LogP contribution in [0.4, 0.5) is 19.0 Å². The molecule has 1 saturated heterocycles. The lowest BCUT2D eigenvalue weighted by molar-refractivity contribution is -0.175. The molecular formula is C22H27F3N4O. The Labute approximate surface area is 174 Å². The Morgan fingerprint density at radius 3 is 2.77 bits per heavy atom. The molecule has 5 nitrogen and oxygen atoms in total. The fraction of sp³-hybridized carbons (Fsp3) is 0.545. The van der Waals surface area contributed by atoms with E-state index in [4.69, 9.17) is 0 Å². The van der Waals surface area contributed by atoms with E-state index in [1.807, 2.05) is 35.2 Å². The lowest BCUT2D eigenvalue weighted by atomic mass is 9.85. The fourth-order valence-corrected chi connectivity index (χ4v) is 4.65. The van der Waals surface area contributed by atoms with E-state index in [9.17, 15) is 18.0 Å². The third kappa shape index (κ3) is 4.47. The number of carbonyl (C=O) groups excluding carboxylic acids is 1. The highest BCUT2D eigenvalue weighted by Gasteiger charge is 2.47. The van der Waals surface area contributed by atoms with Crippen LogP contribution < -0.4 is 5.32 Å². The highest BCUT2D eigenvalue weighted by Crippen LogP contribution is 2.42. The van der Waals surface area contributed by atoms with E-state index < -0.39 is 12.2 Å². The van der Waals surface area contributed by atoms with E-state index in [1.54, 1.807) is 13.0 Å². The molecule has 0 saturated carbocycles. The zero-order valence-corrected chi connectivity index (χ0v) is 17.0. The molecule has 0 radical (unpaired) electrons. The van der Waals surface area contributed by atoms with E-state index in [0.29, 0.717) is 37.4 Å². The van der Waals surface area contributed by atoms with E-state index in [2.05, 4.69) is 10.4 Å². The Morgan fingerprint density at radius 2 is 2.03 bits per heavy atom. The molecule has 30 heavy (non-hydrogen) atoms. The van der Waals surface area contributed by atoms with Crippen LogP contribution in [0.15, 0.2) is 36.4 Å². The van der Waals surface area contributed by atoms with Gasteiger partial charge in [0.2, 0.25) is 5.91 Å². The molecule has 0 aliphatic carbocycles. The summed E-state index contributed by atoms with van der Waals surface area (Å²) in [5, 5.41) is 7.31. The zero-order chi connectivity index (χ0) is 21.3. The maximum Gasteiger partial charge on any atom is 0.410 e. The van der Waals surface area contributed by atoms with Gasteiger partial charge in [-0.25, -0.2) is 4.68 Å². The summed E-state index contributed by atoms with van der Waals surface area (Å²) in [5.41, 5.74) is 1.68. The Kier molecular flexibility index (Phi) is 5.75. The molecule has 8 heteroatoms. The minimum absolute atomic E-state index is 0.00627. The predicted octanol–water partition coefficient (Wildman–Crippen LogP) is 4.35. The third-order valence-corrected chi connectivity index (χ3v) is 6.19. The van der Waals surface area contributed by atoms with Crippen LogP contribution in [0.3, 0.4) is 0 Å². The van der Waals surface area contributed by atoms with Crippen LogP contribution >= 0.6 is 0 Å². The largest absolute Gasteiger partial charge is 0.410 e. The molecule has 1 N–H and O–H groups in total. The summed E-state index contributed by atoms with van der Waals surface area (Å²) in [6.07, 6.45) is -1.68. The number of rotatable bonds is 4. The number of halogens is 3. The molecule has 1 aromatic heterocycles. The summed E-state index contributed by atoms with van der Waals surface area (Å²) < 4.78 is 42.1. The van der Waals surface area contributed by atoms with Crippen LogP contribution in [0.25, 0.3) is 0 Å². The number of carbonyl (C=O) groups is 1. The number of nitrogens with zero attached hydrogens (tertiary/aromatic N) is 3. The molecule has 1 fully saturated rings. The van der Waals surface area contributed by atoms with Crippen molar-refractivity contribution in [1.82, 2.24) is 14.7 Å². The molecule has 2 aliphatic rings. The zero-order valence-electron chi connectivity index (χ0n) is 17.0. The predicted molar refractivity (Wildman–Crippen MR) is 108 cm³/mol. The first-order chi connectivity index (χ1) is 14.3. The average molecular weight is 420 g/mol. The molecule has 2 aliphatic heterocycles. The van der Waals surface area contributed by atoms with Crippen LogP contribution in [0.2, 0.25) is 0 Å². The number of aryl methyl sites for hydroxylation is 2. The van der Waals surface area contributed by atoms with Gasteiger partial charge in [0, 0.05) is 31.6 Å². The maximum atomic E-state index is 13.7. The van der Waals surface area contributed by atoms with Crippen molar-refractivity contribution in [2.45, 2.75) is 57.3 Å². The number of hydrogen-bond donors (Lipinski definition) is 1. The average Bonchev–Trinajstić information content (AvgIpc) is 3.11. The Balaban J connectivity index is 1.42. The Morgan fingerprint density at radius 1 is 1.27 bits per heavy atom. The first-order valence-electron chi connectivity index (χ1n) is 10.5. The van der Waals surface area contributed by atoms with Gasteiger partial charge in [-0.3, -0.25) is 4.79 Å². The maximum absolute atomic E-state index is 13.7. The highest BCUT2D eigenvalue weighted by atomic mass is 19.4. The van der Waals surface area contributed by atoms with E-state index >= 15 is 0 Å². The molecular weight excluding hydrogens is 393 g/mol. The van der Waals surface area contributed by atoms with Gasteiger partial charge >= 0.3 is 6.18 Å². The Bertz CT molecular complexity index is 880. The number of nitrogens with one attached hydrogen (secondary N) is 1. The van der Waals surface area contributed by atoms with Gasteiger partial charge in [0.1, 0.15) is 5.82 Å². The van der Waals surface area contributed by atoms with Crippen molar-refractivity contribution in [1.29, 1.82) is 0 Å². The van der Waals surface area contributed by atoms with Gasteiger partial charge in [0.15, 0.2) is 6.04 Å². The number of fused-ring (bicyclic) bond motifs is 1. The lowest BCUT2D eigenvalue weighted by Gasteiger charge is -2.41. The molecule has 1 unspecified atom stereocenters. The van der Waals surface area contributed by atoms with E-state index in [-0.39, 0.29) is 24.3 Å². The number of benzene rings is 1. The summed E-state index contributed by atoms with van der Waals surface area (Å²) in [6, 6.07) is 9.56. The smallest absolute Gasteiger partial charge is 0.367 e. The Hall–Kier alpha value is -2.51. The first kappa shape index (κ1) is 20.8. The van der Waals surface area contributed by atoms with Gasteiger partial charge in [0.25, 0.3) is 0 Å². The number of piperidine rings is 1. The topological polar surface area (TPSA) is 50.2 Å². The van der Waals surface area contributed by atoms with Crippen molar-refractivity contribution in [2.75, 3.05) is 18.4 Å².